The van der Waals surface area contributed by atoms with E-state index in [2.05, 4.69) is 16.4 Å². The van der Waals surface area contributed by atoms with Gasteiger partial charge in [-0.05, 0) is 12.5 Å². The molecule has 1 saturated heterocycles. The van der Waals surface area contributed by atoms with Gasteiger partial charge < -0.3 is 4.74 Å². The summed E-state index contributed by atoms with van der Waals surface area (Å²) in [5, 5.41) is 0. The highest BCUT2D eigenvalue weighted by molar-refractivity contribution is 7.97. The first kappa shape index (κ1) is 9.87. The maximum Gasteiger partial charge on any atom is 0.123 e. The van der Waals surface area contributed by atoms with Crippen molar-refractivity contribution in [2.45, 2.75) is 13.0 Å². The van der Waals surface area contributed by atoms with Crippen LogP contribution < -0.4 is 4.74 Å². The Morgan fingerprint density at radius 1 is 1.43 bits per heavy atom. The van der Waals surface area contributed by atoms with Crippen molar-refractivity contribution in [2.24, 2.45) is 0 Å². The van der Waals surface area contributed by atoms with E-state index in [1.807, 2.05) is 24.1 Å². The van der Waals surface area contributed by atoms with Crippen molar-refractivity contribution in [2.75, 3.05) is 19.4 Å². The lowest BCUT2D eigenvalue weighted by atomic mass is 10.2. The van der Waals surface area contributed by atoms with Gasteiger partial charge in [-0.1, -0.05) is 30.1 Å². The van der Waals surface area contributed by atoms with Crippen molar-refractivity contribution in [3.63, 3.8) is 0 Å². The van der Waals surface area contributed by atoms with Gasteiger partial charge in [-0.3, -0.25) is 0 Å². The fourth-order valence-corrected chi connectivity index (χ4v) is 2.65. The summed E-state index contributed by atoms with van der Waals surface area (Å²) in [7, 11) is 1.73. The van der Waals surface area contributed by atoms with Crippen molar-refractivity contribution in [3.05, 3.63) is 29.8 Å². The molecule has 3 heteroatoms. The first-order chi connectivity index (χ1) is 6.90. The van der Waals surface area contributed by atoms with Crippen LogP contribution in [-0.4, -0.2) is 23.7 Å². The van der Waals surface area contributed by atoms with Crippen LogP contribution in [0.3, 0.4) is 0 Å². The minimum absolute atomic E-state index is 0.995. The summed E-state index contributed by atoms with van der Waals surface area (Å²) in [5.41, 5.74) is 1.28. The first-order valence-electron chi connectivity index (χ1n) is 4.90. The topological polar surface area (TPSA) is 12.5 Å². The van der Waals surface area contributed by atoms with Crippen LogP contribution in [0.15, 0.2) is 24.3 Å². The van der Waals surface area contributed by atoms with Crippen molar-refractivity contribution in [1.29, 1.82) is 0 Å². The summed E-state index contributed by atoms with van der Waals surface area (Å²) in [4.78, 5) is 0. The number of nitrogens with zero attached hydrogens (tertiary/aromatic N) is 1. The van der Waals surface area contributed by atoms with Crippen LogP contribution in [0.4, 0.5) is 0 Å². The Morgan fingerprint density at radius 3 is 3.00 bits per heavy atom. The summed E-state index contributed by atoms with van der Waals surface area (Å²) < 4.78 is 7.72. The van der Waals surface area contributed by atoms with Gasteiger partial charge in [0, 0.05) is 24.4 Å². The highest BCUT2D eigenvalue weighted by atomic mass is 32.2. The second-order valence-electron chi connectivity index (χ2n) is 3.36. The Bertz CT molecular complexity index is 297. The maximum absolute atomic E-state index is 5.32. The van der Waals surface area contributed by atoms with Crippen molar-refractivity contribution < 1.29 is 4.74 Å². The van der Waals surface area contributed by atoms with Gasteiger partial charge in [0.1, 0.15) is 5.75 Å². The van der Waals surface area contributed by atoms with Crippen LogP contribution in [0.5, 0.6) is 5.75 Å². The summed E-state index contributed by atoms with van der Waals surface area (Å²) in [6.45, 7) is 2.19. The third kappa shape index (κ3) is 2.22. The molecule has 0 atom stereocenters. The van der Waals surface area contributed by atoms with E-state index in [0.29, 0.717) is 0 Å². The number of para-hydroxylation sites is 1. The quantitative estimate of drug-likeness (QED) is 0.710. The van der Waals surface area contributed by atoms with Gasteiger partial charge >= 0.3 is 0 Å². The summed E-state index contributed by atoms with van der Waals surface area (Å²) >= 11 is 1.93. The largest absolute Gasteiger partial charge is 0.496 e. The molecule has 1 heterocycles. The second kappa shape index (κ2) is 4.71. The standard InChI is InChI=1S/C11H15NOS/c1-13-11-6-3-2-5-10(11)9-12-7-4-8-14-12/h2-3,5-6H,4,7-9H2,1H3. The number of rotatable bonds is 3. The molecule has 0 unspecified atom stereocenters. The zero-order valence-electron chi connectivity index (χ0n) is 8.40. The maximum atomic E-state index is 5.32. The van der Waals surface area contributed by atoms with E-state index >= 15 is 0 Å². The van der Waals surface area contributed by atoms with E-state index in [1.165, 1.54) is 24.3 Å². The molecule has 2 nitrogen and oxygen atoms in total. The van der Waals surface area contributed by atoms with Crippen LogP contribution in [0.25, 0.3) is 0 Å². The summed E-state index contributed by atoms with van der Waals surface area (Å²) in [5.74, 6) is 2.26. The molecular weight excluding hydrogens is 194 g/mol. The zero-order chi connectivity index (χ0) is 9.80. The van der Waals surface area contributed by atoms with Gasteiger partial charge in [0.25, 0.3) is 0 Å². The molecular formula is C11H15NOS. The minimum Gasteiger partial charge on any atom is -0.496 e. The predicted molar refractivity (Wildman–Crippen MR) is 60.5 cm³/mol. The van der Waals surface area contributed by atoms with E-state index in [-0.39, 0.29) is 0 Å². The lowest BCUT2D eigenvalue weighted by molar-refractivity contribution is 0.398. The van der Waals surface area contributed by atoms with Crippen LogP contribution >= 0.6 is 11.9 Å². The highest BCUT2D eigenvalue weighted by Crippen LogP contribution is 2.26. The molecule has 0 saturated carbocycles. The fraction of sp³-hybridized carbons (Fsp3) is 0.455. The van der Waals surface area contributed by atoms with Crippen molar-refractivity contribution in [1.82, 2.24) is 4.31 Å². The van der Waals surface area contributed by atoms with Crippen molar-refractivity contribution >= 4 is 11.9 Å². The molecule has 1 aromatic carbocycles. The first-order valence-corrected chi connectivity index (χ1v) is 5.84. The van der Waals surface area contributed by atoms with Gasteiger partial charge in [-0.25, -0.2) is 4.31 Å². The number of hydrogen-bond acceptors (Lipinski definition) is 3. The summed E-state index contributed by atoms with van der Waals surface area (Å²) in [6, 6.07) is 8.24. The molecule has 0 amide bonds. The average molecular weight is 209 g/mol. The minimum atomic E-state index is 0.995. The Hall–Kier alpha value is -0.670. The molecule has 0 N–H and O–H groups in total. The molecule has 0 radical (unpaired) electrons. The van der Waals surface area contributed by atoms with Crippen LogP contribution in [-0.2, 0) is 6.54 Å². The van der Waals surface area contributed by atoms with E-state index < -0.39 is 0 Å². The molecule has 0 aromatic heterocycles. The molecule has 14 heavy (non-hydrogen) atoms. The average Bonchev–Trinajstić information content (AvgIpc) is 2.71. The number of methoxy groups -OCH3 is 1. The molecule has 76 valence electrons. The molecule has 0 spiro atoms. The highest BCUT2D eigenvalue weighted by Gasteiger charge is 2.14. The van der Waals surface area contributed by atoms with Gasteiger partial charge in [-0.2, -0.15) is 0 Å². The molecule has 0 bridgehead atoms. The van der Waals surface area contributed by atoms with Gasteiger partial charge in [-0.15, -0.1) is 0 Å². The monoisotopic (exact) mass is 209 g/mol. The number of hydrogen-bond donors (Lipinski definition) is 0. The SMILES string of the molecule is COc1ccccc1CN1CCCS1. The zero-order valence-corrected chi connectivity index (χ0v) is 9.22. The lowest BCUT2D eigenvalue weighted by Crippen LogP contribution is -2.11. The van der Waals surface area contributed by atoms with E-state index in [9.17, 15) is 0 Å². The van der Waals surface area contributed by atoms with Gasteiger partial charge in [0.15, 0.2) is 0 Å². The molecule has 1 aliphatic heterocycles. The van der Waals surface area contributed by atoms with Crippen LogP contribution in [0, 0.1) is 0 Å². The van der Waals surface area contributed by atoms with Gasteiger partial charge in [0.2, 0.25) is 0 Å². The Labute approximate surface area is 89.4 Å². The normalized spacial score (nSPS) is 17.2. The Morgan fingerprint density at radius 2 is 2.29 bits per heavy atom. The summed E-state index contributed by atoms with van der Waals surface area (Å²) in [6.07, 6.45) is 1.31. The van der Waals surface area contributed by atoms with Crippen molar-refractivity contribution in [3.8, 4) is 5.75 Å². The Balaban J connectivity index is 2.07. The van der Waals surface area contributed by atoms with Gasteiger partial charge in [0.05, 0.1) is 7.11 Å². The number of ether oxygens (including phenoxy) is 1. The Kier molecular flexibility index (Phi) is 3.32. The van der Waals surface area contributed by atoms with E-state index in [1.54, 1.807) is 7.11 Å². The third-order valence-electron chi connectivity index (χ3n) is 2.36. The molecule has 1 fully saturated rings. The third-order valence-corrected chi connectivity index (χ3v) is 3.51. The number of benzene rings is 1. The molecule has 0 aliphatic carbocycles. The predicted octanol–water partition coefficient (Wildman–Crippen LogP) is 2.55. The smallest absolute Gasteiger partial charge is 0.123 e. The van der Waals surface area contributed by atoms with Crippen LogP contribution in [0.2, 0.25) is 0 Å². The van der Waals surface area contributed by atoms with E-state index in [4.69, 9.17) is 4.74 Å². The molecule has 2 rings (SSSR count). The second-order valence-corrected chi connectivity index (χ2v) is 4.54. The molecule has 1 aliphatic rings. The lowest BCUT2D eigenvalue weighted by Gasteiger charge is -2.15. The molecule has 1 aromatic rings. The van der Waals surface area contributed by atoms with E-state index in [0.717, 1.165) is 12.3 Å². The fourth-order valence-electron chi connectivity index (χ4n) is 1.65. The van der Waals surface area contributed by atoms with Crippen LogP contribution in [0.1, 0.15) is 12.0 Å².